The molecule has 2 rings (SSSR count). The molecule has 0 aliphatic rings. The number of allylic oxidation sites excluding steroid dienone is 1. The second-order valence-corrected chi connectivity index (χ2v) is 11.1. The Bertz CT molecular complexity index is 1320. The molecule has 17 heteroatoms. The van der Waals surface area contributed by atoms with Crippen molar-refractivity contribution in [3.8, 4) is 11.5 Å². The van der Waals surface area contributed by atoms with E-state index >= 15 is 0 Å². The van der Waals surface area contributed by atoms with E-state index in [0.717, 1.165) is 0 Å². The summed E-state index contributed by atoms with van der Waals surface area (Å²) in [7, 11) is 0. The van der Waals surface area contributed by atoms with Crippen molar-refractivity contribution in [3.05, 3.63) is 68.5 Å². The summed E-state index contributed by atoms with van der Waals surface area (Å²) in [6.45, 7) is 0.271. The highest BCUT2D eigenvalue weighted by atomic mass is 19.1. The van der Waals surface area contributed by atoms with Crippen LogP contribution in [-0.2, 0) is 9.59 Å². The Hall–Kier alpha value is -5.35. The molecule has 0 spiro atoms. The van der Waals surface area contributed by atoms with Gasteiger partial charge in [0.15, 0.2) is 0 Å². The number of nitro benzene ring substituents is 2. The molecule has 0 bridgehead atoms. The van der Waals surface area contributed by atoms with E-state index in [9.17, 15) is 34.2 Å². The van der Waals surface area contributed by atoms with E-state index in [0.29, 0.717) is 75.2 Å². The molecule has 0 aliphatic carbocycles. The first-order valence-electron chi connectivity index (χ1n) is 16.0. The minimum Gasteiger partial charge on any atom is -0.491 e. The Kier molecular flexibility index (Phi) is 18.1. The fourth-order valence-corrected chi connectivity index (χ4v) is 4.52. The van der Waals surface area contributed by atoms with E-state index in [1.807, 2.05) is 0 Å². The zero-order chi connectivity index (χ0) is 36.0. The average molecular weight is 693 g/mol. The average Bonchev–Trinajstić information content (AvgIpc) is 3.06. The lowest BCUT2D eigenvalue weighted by atomic mass is 10.2. The number of rotatable bonds is 27. The first-order valence-corrected chi connectivity index (χ1v) is 16.0. The van der Waals surface area contributed by atoms with Gasteiger partial charge >= 0.3 is 11.9 Å². The van der Waals surface area contributed by atoms with Gasteiger partial charge in [0, 0.05) is 62.1 Å². The molecule has 0 aromatic heterocycles. The maximum absolute atomic E-state index is 12.6. The van der Waals surface area contributed by atoms with Crippen LogP contribution in [0.3, 0.4) is 0 Å². The molecule has 0 radical (unpaired) electrons. The Balaban J connectivity index is 2.11. The lowest BCUT2D eigenvalue weighted by Crippen LogP contribution is -2.37. The fourth-order valence-electron chi connectivity index (χ4n) is 4.52. The number of nitrogens with one attached hydrogen (secondary N) is 3. The molecular weight excluding hydrogens is 647 g/mol. The van der Waals surface area contributed by atoms with Crippen LogP contribution in [0.1, 0.15) is 64.2 Å². The summed E-state index contributed by atoms with van der Waals surface area (Å²) in [5, 5.41) is 49.9. The molecule has 0 heterocycles. The first kappa shape index (κ1) is 39.8. The molecule has 49 heavy (non-hydrogen) atoms. The number of ether oxygens (including phenoxy) is 2. The molecule has 270 valence electrons. The highest BCUT2D eigenvalue weighted by molar-refractivity contribution is 5.67. The number of nitrogens with two attached hydrogens (primary N) is 1. The van der Waals surface area contributed by atoms with Crippen LogP contribution in [-0.4, -0.2) is 71.0 Å². The molecule has 7 N–H and O–H groups in total. The van der Waals surface area contributed by atoms with Crippen LogP contribution in [0.4, 0.5) is 27.1 Å². The third kappa shape index (κ3) is 16.4. The summed E-state index contributed by atoms with van der Waals surface area (Å²) >= 11 is 0. The normalized spacial score (nSPS) is 11.2. The van der Waals surface area contributed by atoms with Gasteiger partial charge in [-0.1, -0.05) is 12.8 Å². The van der Waals surface area contributed by atoms with Gasteiger partial charge in [0.1, 0.15) is 36.1 Å². The number of carboxylic acid groups (broad SMARTS) is 2. The van der Waals surface area contributed by atoms with Crippen LogP contribution in [0.25, 0.3) is 0 Å². The number of hydrogen-bond donors (Lipinski definition) is 6. The number of anilines is 2. The van der Waals surface area contributed by atoms with Crippen molar-refractivity contribution in [1.29, 1.82) is 0 Å². The summed E-state index contributed by atoms with van der Waals surface area (Å²) in [6.07, 6.45) is 5.70. The van der Waals surface area contributed by atoms with Gasteiger partial charge in [0.2, 0.25) is 0 Å². The Morgan fingerprint density at radius 1 is 0.776 bits per heavy atom. The number of hydrogen-bond acceptors (Lipinski definition) is 12. The van der Waals surface area contributed by atoms with Crippen molar-refractivity contribution in [2.45, 2.75) is 70.3 Å². The maximum atomic E-state index is 12.6. The number of nitrogens with zero attached hydrogens (tertiary/aromatic N) is 2. The van der Waals surface area contributed by atoms with Crippen molar-refractivity contribution >= 4 is 34.7 Å². The van der Waals surface area contributed by atoms with Crippen LogP contribution >= 0.6 is 0 Å². The molecular formula is C32H45FN6O10. The fraction of sp³-hybridized carbons (Fsp3) is 0.500. The second kappa shape index (κ2) is 22.3. The van der Waals surface area contributed by atoms with E-state index in [4.69, 9.17) is 25.4 Å². The van der Waals surface area contributed by atoms with Crippen molar-refractivity contribution in [2.24, 2.45) is 5.73 Å². The number of carboxylic acids is 2. The molecule has 0 saturated carbocycles. The standard InChI is InChI=1S/C32H45FN6O10/c33-15-7-8-23(34)20-37-24(21-48-25-11-13-29(38(44)45)27(18-25)35-16-5-1-3-9-31(40)41)22-49-26-12-14-30(39(46)47)28(19-26)36-17-6-2-4-10-32(42)43/h11-14,18-20,24,35-37H,1-10,15-17,21-22,34H2,(H,40,41)(H,42,43)/b23-20-. The zero-order valence-corrected chi connectivity index (χ0v) is 27.2. The van der Waals surface area contributed by atoms with E-state index in [1.54, 1.807) is 0 Å². The SMILES string of the molecule is N/C(=C\NC(COc1ccc([N+](=O)[O-])c(NCCCCCC(=O)O)c1)COc1ccc([N+](=O)[O-])c(NCCCCCC(=O)O)c1)CCCF. The van der Waals surface area contributed by atoms with E-state index < -0.39 is 34.5 Å². The van der Waals surface area contributed by atoms with E-state index in [-0.39, 0.29) is 55.2 Å². The number of carbonyl (C=O) groups is 2. The molecule has 0 amide bonds. The zero-order valence-electron chi connectivity index (χ0n) is 27.2. The van der Waals surface area contributed by atoms with Crippen LogP contribution in [0, 0.1) is 20.2 Å². The van der Waals surface area contributed by atoms with Crippen LogP contribution in [0.2, 0.25) is 0 Å². The smallest absolute Gasteiger partial charge is 0.303 e. The quantitative estimate of drug-likeness (QED) is 0.0380. The highest BCUT2D eigenvalue weighted by Crippen LogP contribution is 2.30. The monoisotopic (exact) mass is 692 g/mol. The molecule has 0 unspecified atom stereocenters. The minimum absolute atomic E-state index is 0.00770. The number of alkyl halides is 1. The molecule has 0 aliphatic heterocycles. The Labute approximate surface area is 283 Å². The topological polar surface area (TPSA) is 241 Å². The van der Waals surface area contributed by atoms with E-state index in [2.05, 4.69) is 16.0 Å². The van der Waals surface area contributed by atoms with Gasteiger partial charge in [-0.2, -0.15) is 0 Å². The Morgan fingerprint density at radius 3 is 1.65 bits per heavy atom. The van der Waals surface area contributed by atoms with Gasteiger partial charge in [0.25, 0.3) is 11.4 Å². The summed E-state index contributed by atoms with van der Waals surface area (Å²) in [5.41, 5.74) is 6.56. The predicted molar refractivity (Wildman–Crippen MR) is 181 cm³/mol. The number of unbranched alkanes of at least 4 members (excludes halogenated alkanes) is 4. The van der Waals surface area contributed by atoms with Gasteiger partial charge in [0.05, 0.1) is 22.6 Å². The summed E-state index contributed by atoms with van der Waals surface area (Å²) in [6, 6.07) is 7.99. The van der Waals surface area contributed by atoms with E-state index in [1.165, 1.54) is 42.6 Å². The molecule has 0 saturated heterocycles. The lowest BCUT2D eigenvalue weighted by molar-refractivity contribution is -0.384. The van der Waals surface area contributed by atoms with Crippen LogP contribution in [0.5, 0.6) is 11.5 Å². The molecule has 0 fully saturated rings. The van der Waals surface area contributed by atoms with Crippen LogP contribution in [0.15, 0.2) is 48.3 Å². The van der Waals surface area contributed by atoms with Gasteiger partial charge < -0.3 is 41.4 Å². The molecule has 16 nitrogen and oxygen atoms in total. The van der Waals surface area contributed by atoms with Crippen molar-refractivity contribution < 1.29 is 43.5 Å². The Morgan fingerprint density at radius 2 is 1.24 bits per heavy atom. The number of aliphatic carboxylic acids is 2. The number of halogens is 1. The van der Waals surface area contributed by atoms with Crippen molar-refractivity contribution in [2.75, 3.05) is 43.6 Å². The molecule has 2 aromatic rings. The molecule has 2 aromatic carbocycles. The van der Waals surface area contributed by atoms with Gasteiger partial charge in [-0.05, 0) is 50.7 Å². The lowest BCUT2D eigenvalue weighted by Gasteiger charge is -2.20. The first-order chi connectivity index (χ1) is 23.5. The number of nitro groups is 2. The predicted octanol–water partition coefficient (Wildman–Crippen LogP) is 5.58. The number of benzene rings is 2. The third-order valence-corrected chi connectivity index (χ3v) is 7.10. The van der Waals surface area contributed by atoms with Gasteiger partial charge in [-0.15, -0.1) is 0 Å². The van der Waals surface area contributed by atoms with Gasteiger partial charge in [-0.25, -0.2) is 0 Å². The van der Waals surface area contributed by atoms with Crippen molar-refractivity contribution in [1.82, 2.24) is 5.32 Å². The summed E-state index contributed by atoms with van der Waals surface area (Å²) in [4.78, 5) is 43.5. The highest BCUT2D eigenvalue weighted by Gasteiger charge is 2.18. The summed E-state index contributed by atoms with van der Waals surface area (Å²) in [5.74, 6) is -1.11. The molecule has 0 atom stereocenters. The second-order valence-electron chi connectivity index (χ2n) is 11.1. The maximum Gasteiger partial charge on any atom is 0.303 e. The largest absolute Gasteiger partial charge is 0.491 e. The van der Waals surface area contributed by atoms with Crippen LogP contribution < -0.4 is 31.2 Å². The third-order valence-electron chi connectivity index (χ3n) is 7.10. The minimum atomic E-state index is -0.877. The summed E-state index contributed by atoms with van der Waals surface area (Å²) < 4.78 is 24.5. The van der Waals surface area contributed by atoms with Crippen molar-refractivity contribution in [3.63, 3.8) is 0 Å². The van der Waals surface area contributed by atoms with Gasteiger partial charge in [-0.3, -0.25) is 34.2 Å².